The van der Waals surface area contributed by atoms with E-state index in [1.54, 1.807) is 0 Å². The third-order valence-corrected chi connectivity index (χ3v) is 1.50. The summed E-state index contributed by atoms with van der Waals surface area (Å²) in [5, 5.41) is 0. The molecule has 0 heterocycles. The lowest BCUT2D eigenvalue weighted by Crippen LogP contribution is -2.10. The highest BCUT2D eigenvalue weighted by Crippen LogP contribution is 2.05. The lowest BCUT2D eigenvalue weighted by atomic mass is 10.1. The van der Waals surface area contributed by atoms with Crippen LogP contribution in [0.5, 0.6) is 0 Å². The van der Waals surface area contributed by atoms with E-state index >= 15 is 0 Å². The number of hydrogen-bond donors (Lipinski definition) is 1. The van der Waals surface area contributed by atoms with Crippen molar-refractivity contribution in [2.24, 2.45) is 5.73 Å². The Balaban J connectivity index is 3.15. The van der Waals surface area contributed by atoms with E-state index < -0.39 is 0 Å². The van der Waals surface area contributed by atoms with Gasteiger partial charge >= 0.3 is 0 Å². The minimum atomic E-state index is 0.408. The molecule has 2 N–H and O–H groups in total. The molecule has 51 valence electrons. The molecule has 0 spiro atoms. The van der Waals surface area contributed by atoms with Gasteiger partial charge < -0.3 is 5.73 Å². The molecule has 0 aliphatic heterocycles. The third kappa shape index (κ3) is 1.33. The first-order valence-electron chi connectivity index (χ1n) is 2.92. The zero-order chi connectivity index (χ0) is 7.56. The van der Waals surface area contributed by atoms with Crippen LogP contribution in [0.2, 0.25) is 0 Å². The van der Waals surface area contributed by atoms with Crippen LogP contribution in [-0.4, -0.2) is 4.99 Å². The predicted molar refractivity (Wildman–Crippen MR) is 46.8 cm³/mol. The third-order valence-electron chi connectivity index (χ3n) is 1.28. The Morgan fingerprint density at radius 1 is 1.40 bits per heavy atom. The summed E-state index contributed by atoms with van der Waals surface area (Å²) < 4.78 is 0. The lowest BCUT2D eigenvalue weighted by Gasteiger charge is -2.00. The van der Waals surface area contributed by atoms with Crippen molar-refractivity contribution < 1.29 is 0 Å². The molecule has 0 aliphatic rings. The van der Waals surface area contributed by atoms with E-state index in [0.717, 1.165) is 11.1 Å². The van der Waals surface area contributed by atoms with Crippen molar-refractivity contribution in [3.63, 3.8) is 0 Å². The van der Waals surface area contributed by atoms with Crippen LogP contribution in [0.1, 0.15) is 11.1 Å². The van der Waals surface area contributed by atoms with Gasteiger partial charge in [0.15, 0.2) is 0 Å². The minimum Gasteiger partial charge on any atom is -0.389 e. The Hall–Kier alpha value is -0.890. The van der Waals surface area contributed by atoms with Crippen LogP contribution in [-0.2, 0) is 0 Å². The van der Waals surface area contributed by atoms with Crippen LogP contribution in [0, 0.1) is 6.92 Å². The van der Waals surface area contributed by atoms with E-state index in [4.69, 9.17) is 18.0 Å². The summed E-state index contributed by atoms with van der Waals surface area (Å²) in [4.78, 5) is 0.408. The van der Waals surface area contributed by atoms with Crippen molar-refractivity contribution in [1.82, 2.24) is 0 Å². The first kappa shape index (κ1) is 7.22. The van der Waals surface area contributed by atoms with Gasteiger partial charge in [0.25, 0.3) is 0 Å². The maximum Gasteiger partial charge on any atom is 0.104 e. The van der Waals surface area contributed by atoms with E-state index in [2.05, 4.69) is 6.92 Å². The van der Waals surface area contributed by atoms with Crippen LogP contribution in [0.15, 0.2) is 24.3 Å². The highest BCUT2D eigenvalue weighted by molar-refractivity contribution is 7.80. The van der Waals surface area contributed by atoms with Crippen molar-refractivity contribution in [3.05, 3.63) is 42.3 Å². The Labute approximate surface area is 65.9 Å². The Bertz CT molecular complexity index is 255. The standard InChI is InChI=1S/C8H8NS/c1-6-4-2-3-5-7(6)8(9)10/h2-5H,1H2,(H2,9,10). The Morgan fingerprint density at radius 2 is 2.00 bits per heavy atom. The van der Waals surface area contributed by atoms with Gasteiger partial charge in [0.05, 0.1) is 0 Å². The van der Waals surface area contributed by atoms with Crippen LogP contribution in [0.4, 0.5) is 0 Å². The second kappa shape index (κ2) is 2.80. The van der Waals surface area contributed by atoms with E-state index in [0.29, 0.717) is 4.99 Å². The van der Waals surface area contributed by atoms with Crippen molar-refractivity contribution in [2.75, 3.05) is 0 Å². The van der Waals surface area contributed by atoms with Gasteiger partial charge in [-0.25, -0.2) is 0 Å². The molecule has 0 amide bonds. The fourth-order valence-corrected chi connectivity index (χ4v) is 0.960. The van der Waals surface area contributed by atoms with Crippen LogP contribution >= 0.6 is 12.2 Å². The molecule has 0 aromatic heterocycles. The lowest BCUT2D eigenvalue weighted by molar-refractivity contribution is 1.55. The largest absolute Gasteiger partial charge is 0.389 e. The van der Waals surface area contributed by atoms with Gasteiger partial charge in [0.1, 0.15) is 4.99 Å². The monoisotopic (exact) mass is 150 g/mol. The molecule has 1 nitrogen and oxygen atoms in total. The highest BCUT2D eigenvalue weighted by atomic mass is 32.1. The molecule has 0 bridgehead atoms. The van der Waals surface area contributed by atoms with Crippen molar-refractivity contribution >= 4 is 17.2 Å². The van der Waals surface area contributed by atoms with Gasteiger partial charge in [-0.15, -0.1) is 0 Å². The molecule has 0 fully saturated rings. The summed E-state index contributed by atoms with van der Waals surface area (Å²) in [6, 6.07) is 7.55. The van der Waals surface area contributed by atoms with Gasteiger partial charge in [0, 0.05) is 5.56 Å². The van der Waals surface area contributed by atoms with Crippen molar-refractivity contribution in [2.45, 2.75) is 0 Å². The number of benzene rings is 1. The normalized spacial score (nSPS) is 9.30. The van der Waals surface area contributed by atoms with Gasteiger partial charge in [-0.05, 0) is 12.5 Å². The number of thiocarbonyl (C=S) groups is 1. The summed E-state index contributed by atoms with van der Waals surface area (Å²) in [7, 11) is 0. The second-order valence-electron chi connectivity index (χ2n) is 2.02. The average molecular weight is 150 g/mol. The topological polar surface area (TPSA) is 26.0 Å². The molecule has 1 aromatic rings. The first-order chi connectivity index (χ1) is 4.72. The van der Waals surface area contributed by atoms with Crippen LogP contribution in [0.3, 0.4) is 0 Å². The predicted octanol–water partition coefficient (Wildman–Crippen LogP) is 1.50. The molecule has 0 saturated heterocycles. The number of rotatable bonds is 1. The molecule has 1 rings (SSSR count). The SMILES string of the molecule is [CH2]c1ccccc1C(N)=S. The Morgan fingerprint density at radius 3 is 2.40 bits per heavy atom. The molecular formula is C8H8NS. The zero-order valence-corrected chi connectivity index (χ0v) is 6.32. The van der Waals surface area contributed by atoms with E-state index in [1.165, 1.54) is 0 Å². The van der Waals surface area contributed by atoms with E-state index in [-0.39, 0.29) is 0 Å². The summed E-state index contributed by atoms with van der Waals surface area (Å²) in [5.74, 6) is 0. The zero-order valence-electron chi connectivity index (χ0n) is 5.50. The maximum absolute atomic E-state index is 5.41. The van der Waals surface area contributed by atoms with Crippen LogP contribution in [0.25, 0.3) is 0 Å². The summed E-state index contributed by atoms with van der Waals surface area (Å²) in [6.45, 7) is 3.77. The molecule has 0 unspecified atom stereocenters. The molecule has 10 heavy (non-hydrogen) atoms. The molecule has 0 saturated carbocycles. The number of nitrogens with two attached hydrogens (primary N) is 1. The molecule has 2 heteroatoms. The summed E-state index contributed by atoms with van der Waals surface area (Å²) in [5.41, 5.74) is 7.15. The summed E-state index contributed by atoms with van der Waals surface area (Å²) in [6.07, 6.45) is 0. The average Bonchev–Trinajstić information content (AvgIpc) is 1.88. The van der Waals surface area contributed by atoms with Crippen molar-refractivity contribution in [1.29, 1.82) is 0 Å². The molecular weight excluding hydrogens is 142 g/mol. The first-order valence-corrected chi connectivity index (χ1v) is 3.33. The second-order valence-corrected chi connectivity index (χ2v) is 2.46. The smallest absolute Gasteiger partial charge is 0.104 e. The van der Waals surface area contributed by atoms with E-state index in [9.17, 15) is 0 Å². The summed E-state index contributed by atoms with van der Waals surface area (Å²) >= 11 is 4.79. The highest BCUT2D eigenvalue weighted by Gasteiger charge is 1.96. The number of hydrogen-bond acceptors (Lipinski definition) is 1. The van der Waals surface area contributed by atoms with Crippen molar-refractivity contribution in [3.8, 4) is 0 Å². The molecule has 1 aromatic carbocycles. The van der Waals surface area contributed by atoms with Gasteiger partial charge in [0.2, 0.25) is 0 Å². The van der Waals surface area contributed by atoms with Gasteiger partial charge in [-0.3, -0.25) is 0 Å². The van der Waals surface area contributed by atoms with Crippen LogP contribution < -0.4 is 5.73 Å². The molecule has 0 atom stereocenters. The van der Waals surface area contributed by atoms with E-state index in [1.807, 2.05) is 24.3 Å². The molecule has 0 aliphatic carbocycles. The quantitative estimate of drug-likeness (QED) is 0.614. The fourth-order valence-electron chi connectivity index (χ4n) is 0.761. The van der Waals surface area contributed by atoms with Gasteiger partial charge in [-0.2, -0.15) is 0 Å². The Kier molecular flexibility index (Phi) is 2.02. The van der Waals surface area contributed by atoms with Gasteiger partial charge in [-0.1, -0.05) is 36.5 Å². The maximum atomic E-state index is 5.41. The fraction of sp³-hybridized carbons (Fsp3) is 0. The minimum absolute atomic E-state index is 0.408. The molecule has 1 radical (unpaired) electrons.